The molecule has 0 atom stereocenters. The molecule has 124 valence electrons. The molecule has 1 heterocycles. The fraction of sp³-hybridized carbons (Fsp3) is 0.600. The molecule has 0 unspecified atom stereocenters. The van der Waals surface area contributed by atoms with E-state index in [1.807, 2.05) is 0 Å². The van der Waals surface area contributed by atoms with E-state index in [2.05, 4.69) is 9.62 Å². The van der Waals surface area contributed by atoms with Gasteiger partial charge in [0.25, 0.3) is 0 Å². The highest BCUT2D eigenvalue weighted by Gasteiger charge is 2.17. The Labute approximate surface area is 142 Å². The average molecular weight is 365 g/mol. The van der Waals surface area contributed by atoms with E-state index in [9.17, 15) is 8.42 Å². The van der Waals surface area contributed by atoms with Crippen LogP contribution in [0.3, 0.4) is 0 Å². The van der Waals surface area contributed by atoms with Crippen molar-refractivity contribution in [1.29, 1.82) is 0 Å². The van der Waals surface area contributed by atoms with Gasteiger partial charge < -0.3 is 4.90 Å². The molecule has 0 aliphatic carbocycles. The van der Waals surface area contributed by atoms with Gasteiger partial charge in [0, 0.05) is 28.7 Å². The quantitative estimate of drug-likeness (QED) is 0.842. The zero-order valence-electron chi connectivity index (χ0n) is 12.5. The van der Waals surface area contributed by atoms with Gasteiger partial charge in [-0.2, -0.15) is 0 Å². The largest absolute Gasteiger partial charge is 0.302 e. The van der Waals surface area contributed by atoms with Crippen molar-refractivity contribution in [2.45, 2.75) is 31.4 Å². The number of nitrogens with zero attached hydrogens (tertiary/aromatic N) is 1. The van der Waals surface area contributed by atoms with E-state index < -0.39 is 10.0 Å². The fourth-order valence-corrected chi connectivity index (χ4v) is 4.52. The highest BCUT2D eigenvalue weighted by atomic mass is 35.5. The molecule has 1 fully saturated rings. The minimum atomic E-state index is -3.44. The predicted octanol–water partition coefficient (Wildman–Crippen LogP) is 3.29. The summed E-state index contributed by atoms with van der Waals surface area (Å²) < 4.78 is 27.0. The van der Waals surface area contributed by atoms with Crippen LogP contribution in [0.25, 0.3) is 0 Å². The number of rotatable bonds is 6. The molecule has 22 heavy (non-hydrogen) atoms. The summed E-state index contributed by atoms with van der Waals surface area (Å²) in [6, 6.07) is 5.00. The fourth-order valence-electron chi connectivity index (χ4n) is 2.63. The summed E-state index contributed by atoms with van der Waals surface area (Å²) in [6.07, 6.45) is 4.93. The standard InChI is InChI=1S/C15H22Cl2N2O2S/c16-14-6-5-7-15(17)13(14)12-22(20,21)18-8-11-19-9-3-1-2-4-10-19/h5-7,18H,1-4,8-12H2. The normalized spacial score (nSPS) is 17.4. The van der Waals surface area contributed by atoms with Crippen LogP contribution in [0.1, 0.15) is 31.2 Å². The predicted molar refractivity (Wildman–Crippen MR) is 92.0 cm³/mol. The number of benzene rings is 1. The van der Waals surface area contributed by atoms with Crippen LogP contribution >= 0.6 is 23.2 Å². The van der Waals surface area contributed by atoms with Gasteiger partial charge in [0.15, 0.2) is 0 Å². The third kappa shape index (κ3) is 5.70. The molecule has 7 heteroatoms. The van der Waals surface area contributed by atoms with Crippen LogP contribution in [-0.4, -0.2) is 39.5 Å². The Bertz CT molecular complexity index is 565. The van der Waals surface area contributed by atoms with Gasteiger partial charge >= 0.3 is 0 Å². The van der Waals surface area contributed by atoms with Crippen molar-refractivity contribution in [2.24, 2.45) is 0 Å². The van der Waals surface area contributed by atoms with Gasteiger partial charge in [-0.1, -0.05) is 42.1 Å². The molecular formula is C15H22Cl2N2O2S. The summed E-state index contributed by atoms with van der Waals surface area (Å²) in [4.78, 5) is 2.32. The van der Waals surface area contributed by atoms with Gasteiger partial charge in [-0.15, -0.1) is 0 Å². The number of nitrogens with one attached hydrogen (secondary N) is 1. The second-order valence-electron chi connectivity index (χ2n) is 5.61. The first-order valence-electron chi connectivity index (χ1n) is 7.60. The molecule has 2 rings (SSSR count). The van der Waals surface area contributed by atoms with Gasteiger partial charge in [-0.05, 0) is 38.1 Å². The van der Waals surface area contributed by atoms with Gasteiger partial charge in [0.2, 0.25) is 10.0 Å². The number of hydrogen-bond donors (Lipinski definition) is 1. The monoisotopic (exact) mass is 364 g/mol. The van der Waals surface area contributed by atoms with Gasteiger partial charge in [-0.3, -0.25) is 0 Å². The number of likely N-dealkylation sites (tertiary alicyclic amines) is 1. The maximum absolute atomic E-state index is 12.2. The van der Waals surface area contributed by atoms with Crippen molar-refractivity contribution in [2.75, 3.05) is 26.2 Å². The lowest BCUT2D eigenvalue weighted by molar-refractivity contribution is 0.290. The van der Waals surface area contributed by atoms with Crippen LogP contribution in [-0.2, 0) is 15.8 Å². The molecule has 1 N–H and O–H groups in total. The Morgan fingerprint density at radius 2 is 1.64 bits per heavy atom. The Morgan fingerprint density at radius 1 is 1.05 bits per heavy atom. The summed E-state index contributed by atoms with van der Waals surface area (Å²) in [5.41, 5.74) is 0.452. The maximum Gasteiger partial charge on any atom is 0.215 e. The number of hydrogen-bond acceptors (Lipinski definition) is 3. The maximum atomic E-state index is 12.2. The third-order valence-corrected chi connectivity index (χ3v) is 5.87. The van der Waals surface area contributed by atoms with E-state index >= 15 is 0 Å². The zero-order chi connectivity index (χ0) is 16.0. The lowest BCUT2D eigenvalue weighted by Crippen LogP contribution is -2.36. The molecule has 0 saturated carbocycles. The summed E-state index contributed by atoms with van der Waals surface area (Å²) in [5, 5.41) is 0.760. The second kappa shape index (κ2) is 8.50. The second-order valence-corrected chi connectivity index (χ2v) is 8.23. The highest BCUT2D eigenvalue weighted by molar-refractivity contribution is 7.88. The van der Waals surface area contributed by atoms with Gasteiger partial charge in [0.05, 0.1) is 5.75 Å². The molecule has 1 saturated heterocycles. The van der Waals surface area contributed by atoms with Gasteiger partial charge in [-0.25, -0.2) is 13.1 Å². The van der Waals surface area contributed by atoms with Crippen molar-refractivity contribution in [3.05, 3.63) is 33.8 Å². The van der Waals surface area contributed by atoms with E-state index in [1.54, 1.807) is 18.2 Å². The molecule has 1 aliphatic heterocycles. The first-order chi connectivity index (χ1) is 10.5. The van der Waals surface area contributed by atoms with E-state index in [-0.39, 0.29) is 5.75 Å². The Hall–Kier alpha value is -0.330. The lowest BCUT2D eigenvalue weighted by atomic mass is 10.2. The molecule has 1 aliphatic rings. The number of halogens is 2. The van der Waals surface area contributed by atoms with Gasteiger partial charge in [0.1, 0.15) is 0 Å². The Kier molecular flexibility index (Phi) is 6.96. The molecule has 4 nitrogen and oxygen atoms in total. The molecule has 1 aromatic carbocycles. The molecule has 1 aromatic rings. The van der Waals surface area contributed by atoms with Crippen LogP contribution in [0.4, 0.5) is 0 Å². The van der Waals surface area contributed by atoms with Crippen molar-refractivity contribution < 1.29 is 8.42 Å². The first-order valence-corrected chi connectivity index (χ1v) is 10.0. The topological polar surface area (TPSA) is 49.4 Å². The van der Waals surface area contributed by atoms with E-state index in [0.29, 0.717) is 22.2 Å². The molecule has 0 bridgehead atoms. The first kappa shape index (κ1) is 18.0. The minimum absolute atomic E-state index is 0.189. The average Bonchev–Trinajstić information content (AvgIpc) is 2.72. The zero-order valence-corrected chi connectivity index (χ0v) is 14.9. The molecule has 0 amide bonds. The third-order valence-electron chi connectivity index (χ3n) is 3.84. The van der Waals surface area contributed by atoms with Crippen LogP contribution in [0.15, 0.2) is 18.2 Å². The van der Waals surface area contributed by atoms with Crippen LogP contribution in [0.2, 0.25) is 10.0 Å². The van der Waals surface area contributed by atoms with Crippen molar-refractivity contribution in [3.63, 3.8) is 0 Å². The number of sulfonamides is 1. The Morgan fingerprint density at radius 3 is 2.23 bits per heavy atom. The highest BCUT2D eigenvalue weighted by Crippen LogP contribution is 2.25. The summed E-state index contributed by atoms with van der Waals surface area (Å²) in [7, 11) is -3.44. The summed E-state index contributed by atoms with van der Waals surface area (Å²) in [5.74, 6) is -0.189. The van der Waals surface area contributed by atoms with Crippen molar-refractivity contribution >= 4 is 33.2 Å². The minimum Gasteiger partial charge on any atom is -0.302 e. The summed E-state index contributed by atoms with van der Waals surface area (Å²) in [6.45, 7) is 3.27. The van der Waals surface area contributed by atoms with Crippen LogP contribution in [0.5, 0.6) is 0 Å². The molecule has 0 aromatic heterocycles. The SMILES string of the molecule is O=S(=O)(Cc1c(Cl)cccc1Cl)NCCN1CCCCCC1. The van der Waals surface area contributed by atoms with E-state index in [1.165, 1.54) is 25.7 Å². The van der Waals surface area contributed by atoms with Crippen molar-refractivity contribution in [1.82, 2.24) is 9.62 Å². The molecule has 0 spiro atoms. The molecular weight excluding hydrogens is 343 g/mol. The Balaban J connectivity index is 1.86. The molecule has 0 radical (unpaired) electrons. The van der Waals surface area contributed by atoms with E-state index in [0.717, 1.165) is 19.6 Å². The summed E-state index contributed by atoms with van der Waals surface area (Å²) >= 11 is 12.0. The van der Waals surface area contributed by atoms with Crippen LogP contribution < -0.4 is 4.72 Å². The smallest absolute Gasteiger partial charge is 0.215 e. The van der Waals surface area contributed by atoms with Crippen molar-refractivity contribution in [3.8, 4) is 0 Å². The lowest BCUT2D eigenvalue weighted by Gasteiger charge is -2.19. The van der Waals surface area contributed by atoms with Crippen LogP contribution in [0, 0.1) is 0 Å². The van der Waals surface area contributed by atoms with E-state index in [4.69, 9.17) is 23.2 Å².